The van der Waals surface area contributed by atoms with Crippen molar-refractivity contribution in [3.8, 4) is 0 Å². The number of carbonyl (C=O) groups is 2. The normalized spacial score (nSPS) is 21.3. The molecule has 1 aromatic rings. The number of hydrogen-bond acceptors (Lipinski definition) is 7. The zero-order chi connectivity index (χ0) is 15.4. The summed E-state index contributed by atoms with van der Waals surface area (Å²) >= 11 is 1.19. The monoisotopic (exact) mass is 312 g/mol. The van der Waals surface area contributed by atoms with E-state index in [-0.39, 0.29) is 17.6 Å². The third-order valence-corrected chi connectivity index (χ3v) is 4.70. The van der Waals surface area contributed by atoms with Crippen molar-refractivity contribution in [2.45, 2.75) is 32.8 Å². The summed E-state index contributed by atoms with van der Waals surface area (Å²) in [4.78, 5) is 27.7. The van der Waals surface area contributed by atoms with Crippen LogP contribution in [0.25, 0.3) is 0 Å². The van der Waals surface area contributed by atoms with E-state index in [4.69, 9.17) is 4.74 Å². The first-order valence-electron chi connectivity index (χ1n) is 7.02. The predicted molar refractivity (Wildman–Crippen MR) is 80.1 cm³/mol. The minimum Gasteiger partial charge on any atom is -0.464 e. The molecule has 2 rings (SSSR count). The number of nitrogens with one attached hydrogen (secondary N) is 1. The van der Waals surface area contributed by atoms with Crippen LogP contribution in [0.4, 0.5) is 5.13 Å². The lowest BCUT2D eigenvalue weighted by molar-refractivity contribution is 0.0591. The molecule has 7 heteroatoms. The van der Waals surface area contributed by atoms with Crippen LogP contribution in [0.2, 0.25) is 0 Å². The maximum absolute atomic E-state index is 11.6. The van der Waals surface area contributed by atoms with Crippen molar-refractivity contribution >= 4 is 28.2 Å². The molecule has 1 aromatic heterocycles. The van der Waals surface area contributed by atoms with Crippen molar-refractivity contribution in [3.05, 3.63) is 10.6 Å². The fraction of sp³-hybridized carbons (Fsp3) is 0.643. The maximum Gasteiger partial charge on any atom is 0.358 e. The Morgan fingerprint density at radius 3 is 2.90 bits per heavy atom. The number of esters is 1. The number of anilines is 1. The number of Topliss-reactive ketones (excluding diaryl/α,β-unsaturated/α-hetero) is 1. The third-order valence-electron chi connectivity index (χ3n) is 3.59. The number of aromatic nitrogens is 1. The van der Waals surface area contributed by atoms with Gasteiger partial charge >= 0.3 is 5.97 Å². The molecule has 0 amide bonds. The van der Waals surface area contributed by atoms with E-state index in [0.29, 0.717) is 15.9 Å². The largest absolute Gasteiger partial charge is 0.464 e. The van der Waals surface area contributed by atoms with Gasteiger partial charge in [0.2, 0.25) is 0 Å². The molecule has 1 aliphatic heterocycles. The Morgan fingerprint density at radius 1 is 1.52 bits per heavy atom. The van der Waals surface area contributed by atoms with Gasteiger partial charge in [0.15, 0.2) is 16.6 Å². The van der Waals surface area contributed by atoms with Crippen LogP contribution in [-0.2, 0) is 9.47 Å². The van der Waals surface area contributed by atoms with Gasteiger partial charge in [0.1, 0.15) is 4.88 Å². The van der Waals surface area contributed by atoms with Crippen LogP contribution < -0.4 is 5.32 Å². The van der Waals surface area contributed by atoms with Gasteiger partial charge in [0.05, 0.1) is 13.2 Å². The van der Waals surface area contributed by atoms with Gasteiger partial charge in [-0.15, -0.1) is 0 Å². The Balaban J connectivity index is 2.07. The van der Waals surface area contributed by atoms with Gasteiger partial charge < -0.3 is 14.8 Å². The molecular weight excluding hydrogens is 292 g/mol. The summed E-state index contributed by atoms with van der Waals surface area (Å²) in [7, 11) is 1.28. The van der Waals surface area contributed by atoms with Gasteiger partial charge in [0.25, 0.3) is 0 Å². The zero-order valence-corrected chi connectivity index (χ0v) is 13.3. The van der Waals surface area contributed by atoms with E-state index in [1.165, 1.54) is 25.4 Å². The first kappa shape index (κ1) is 15.9. The summed E-state index contributed by atoms with van der Waals surface area (Å²) in [5.41, 5.74) is 0.0900. The van der Waals surface area contributed by atoms with Gasteiger partial charge in [-0.1, -0.05) is 18.3 Å². The first-order valence-corrected chi connectivity index (χ1v) is 7.84. The van der Waals surface area contributed by atoms with Crippen molar-refractivity contribution in [2.75, 3.05) is 25.6 Å². The minimum absolute atomic E-state index is 0.0900. The van der Waals surface area contributed by atoms with Crippen LogP contribution in [0.1, 0.15) is 46.8 Å². The standard InChI is InChI=1S/C14H20N2O4S/c1-4-10-9(5-6-20-10)7-15-14-16-11(13(18)19-3)12(21-14)8(2)17/h9-10H,4-7H2,1-3H3,(H,15,16). The average molecular weight is 312 g/mol. The van der Waals surface area contributed by atoms with Crippen molar-refractivity contribution in [3.63, 3.8) is 0 Å². The molecule has 0 radical (unpaired) electrons. The molecule has 2 heterocycles. The van der Waals surface area contributed by atoms with Gasteiger partial charge in [-0.3, -0.25) is 4.79 Å². The highest BCUT2D eigenvalue weighted by Gasteiger charge is 2.27. The molecule has 6 nitrogen and oxygen atoms in total. The van der Waals surface area contributed by atoms with E-state index in [1.807, 2.05) is 0 Å². The Morgan fingerprint density at radius 2 is 2.29 bits per heavy atom. The summed E-state index contributed by atoms with van der Waals surface area (Å²) in [6, 6.07) is 0. The van der Waals surface area contributed by atoms with Gasteiger partial charge in [-0.05, 0) is 12.8 Å². The molecule has 21 heavy (non-hydrogen) atoms. The molecule has 1 aliphatic rings. The van der Waals surface area contributed by atoms with Gasteiger partial charge in [-0.2, -0.15) is 0 Å². The van der Waals surface area contributed by atoms with Crippen molar-refractivity contribution in [1.82, 2.24) is 4.98 Å². The highest BCUT2D eigenvalue weighted by atomic mass is 32.1. The van der Waals surface area contributed by atoms with Crippen LogP contribution in [0.5, 0.6) is 0 Å². The number of nitrogens with zero attached hydrogens (tertiary/aromatic N) is 1. The van der Waals surface area contributed by atoms with Crippen LogP contribution >= 0.6 is 11.3 Å². The first-order chi connectivity index (χ1) is 10.1. The molecule has 1 fully saturated rings. The second-order valence-electron chi connectivity index (χ2n) is 4.99. The Bertz CT molecular complexity index is 529. The molecule has 1 saturated heterocycles. The van der Waals surface area contributed by atoms with Gasteiger partial charge in [-0.25, -0.2) is 9.78 Å². The molecule has 2 atom stereocenters. The lowest BCUT2D eigenvalue weighted by atomic mass is 10.00. The summed E-state index contributed by atoms with van der Waals surface area (Å²) in [5, 5.41) is 3.78. The molecule has 116 valence electrons. The van der Waals surface area contributed by atoms with E-state index in [1.54, 1.807) is 0 Å². The second-order valence-corrected chi connectivity index (χ2v) is 5.99. The van der Waals surface area contributed by atoms with E-state index in [9.17, 15) is 9.59 Å². The van der Waals surface area contributed by atoms with Crippen LogP contribution in [0.3, 0.4) is 0 Å². The van der Waals surface area contributed by atoms with E-state index < -0.39 is 5.97 Å². The predicted octanol–water partition coefficient (Wildman–Crippen LogP) is 2.36. The second kappa shape index (κ2) is 7.00. The summed E-state index contributed by atoms with van der Waals surface area (Å²) in [6.07, 6.45) is 2.27. The number of rotatable bonds is 6. The Kier molecular flexibility index (Phi) is 5.30. The van der Waals surface area contributed by atoms with Crippen LogP contribution in [-0.4, -0.2) is 43.1 Å². The number of thiazole rings is 1. The smallest absolute Gasteiger partial charge is 0.358 e. The Labute approximate surface area is 127 Å². The molecule has 0 spiro atoms. The number of hydrogen-bond donors (Lipinski definition) is 1. The van der Waals surface area contributed by atoms with Crippen molar-refractivity contribution in [1.29, 1.82) is 0 Å². The average Bonchev–Trinajstić information content (AvgIpc) is 3.10. The summed E-state index contributed by atoms with van der Waals surface area (Å²) < 4.78 is 10.3. The molecule has 2 unspecified atom stereocenters. The van der Waals surface area contributed by atoms with Crippen molar-refractivity contribution in [2.24, 2.45) is 5.92 Å². The van der Waals surface area contributed by atoms with Crippen LogP contribution in [0, 0.1) is 5.92 Å². The molecule has 0 aliphatic carbocycles. The third kappa shape index (κ3) is 3.59. The molecule has 0 aromatic carbocycles. The van der Waals surface area contributed by atoms with E-state index >= 15 is 0 Å². The lowest BCUT2D eigenvalue weighted by Crippen LogP contribution is -2.22. The van der Waals surface area contributed by atoms with Gasteiger partial charge in [0, 0.05) is 26.0 Å². The zero-order valence-electron chi connectivity index (χ0n) is 12.5. The molecule has 0 bridgehead atoms. The number of ether oxygens (including phenoxy) is 2. The number of ketones is 1. The highest BCUT2D eigenvalue weighted by molar-refractivity contribution is 7.17. The topological polar surface area (TPSA) is 77.5 Å². The lowest BCUT2D eigenvalue weighted by Gasteiger charge is -2.16. The maximum atomic E-state index is 11.6. The number of methoxy groups -OCH3 is 1. The quantitative estimate of drug-likeness (QED) is 0.642. The van der Waals surface area contributed by atoms with E-state index in [0.717, 1.165) is 26.0 Å². The fourth-order valence-electron chi connectivity index (χ4n) is 2.47. The molecule has 1 N–H and O–H groups in total. The SMILES string of the molecule is CCC1OCCC1CNc1nc(C(=O)OC)c(C(C)=O)s1. The summed E-state index contributed by atoms with van der Waals surface area (Å²) in [6.45, 7) is 5.04. The molecular formula is C14H20N2O4S. The van der Waals surface area contributed by atoms with Crippen LogP contribution in [0.15, 0.2) is 0 Å². The minimum atomic E-state index is -0.583. The fourth-order valence-corrected chi connectivity index (χ4v) is 3.32. The summed E-state index contributed by atoms with van der Waals surface area (Å²) in [5.74, 6) is -0.335. The highest BCUT2D eigenvalue weighted by Crippen LogP contribution is 2.27. The Hall–Kier alpha value is -1.47. The van der Waals surface area contributed by atoms with E-state index in [2.05, 4.69) is 22.0 Å². The number of carbonyl (C=O) groups excluding carboxylic acids is 2. The van der Waals surface area contributed by atoms with Crippen molar-refractivity contribution < 1.29 is 19.1 Å². The molecule has 0 saturated carbocycles.